The highest BCUT2D eigenvalue weighted by Crippen LogP contribution is 2.45. The van der Waals surface area contributed by atoms with E-state index in [0.29, 0.717) is 13.0 Å². The number of hydrogen-bond donors (Lipinski definition) is 4. The van der Waals surface area contributed by atoms with Gasteiger partial charge in [-0.05, 0) is 30.1 Å². The second-order valence-corrected chi connectivity index (χ2v) is 6.42. The summed E-state index contributed by atoms with van der Waals surface area (Å²) in [6, 6.07) is -0.617. The first-order chi connectivity index (χ1) is 8.12. The molecule has 5 N–H and O–H groups in total. The summed E-state index contributed by atoms with van der Waals surface area (Å²) in [5.74, 6) is 0. The van der Waals surface area contributed by atoms with Crippen molar-refractivity contribution in [1.29, 1.82) is 0 Å². The number of carbonyl (C=O) groups is 2. The number of hydrogen-bond acceptors (Lipinski definition) is 2. The lowest BCUT2D eigenvalue weighted by Gasteiger charge is -2.46. The summed E-state index contributed by atoms with van der Waals surface area (Å²) in [6.07, 6.45) is 1.45. The molecule has 2 atom stereocenters. The summed E-state index contributed by atoms with van der Waals surface area (Å²) in [5.41, 5.74) is 5.00. The summed E-state index contributed by atoms with van der Waals surface area (Å²) >= 11 is 0. The zero-order chi connectivity index (χ0) is 14.0. The summed E-state index contributed by atoms with van der Waals surface area (Å²) in [4.78, 5) is 21.6. The maximum absolute atomic E-state index is 10.8. The SMILES string of the molecule is CC1(C)CC(NC(=O)O)CC(C)(CNC(N)=O)C1. The highest BCUT2D eigenvalue weighted by Gasteiger charge is 2.41. The Labute approximate surface area is 107 Å². The Hall–Kier alpha value is -1.46. The van der Waals surface area contributed by atoms with Crippen LogP contribution in [-0.4, -0.2) is 29.8 Å². The molecule has 1 rings (SSSR count). The third kappa shape index (κ3) is 4.43. The molecule has 0 bridgehead atoms. The normalized spacial score (nSPS) is 30.5. The van der Waals surface area contributed by atoms with Gasteiger partial charge in [-0.1, -0.05) is 20.8 Å². The van der Waals surface area contributed by atoms with Crippen LogP contribution in [0.5, 0.6) is 0 Å². The molecular formula is C12H23N3O3. The first kappa shape index (κ1) is 14.6. The molecule has 104 valence electrons. The highest BCUT2D eigenvalue weighted by atomic mass is 16.4. The van der Waals surface area contributed by atoms with Crippen molar-refractivity contribution in [3.8, 4) is 0 Å². The largest absolute Gasteiger partial charge is 0.465 e. The van der Waals surface area contributed by atoms with E-state index in [-0.39, 0.29) is 16.9 Å². The number of rotatable bonds is 3. The van der Waals surface area contributed by atoms with Gasteiger partial charge in [-0.2, -0.15) is 0 Å². The van der Waals surface area contributed by atoms with E-state index >= 15 is 0 Å². The lowest BCUT2D eigenvalue weighted by molar-refractivity contribution is 0.0715. The van der Waals surface area contributed by atoms with E-state index in [4.69, 9.17) is 10.8 Å². The number of nitrogens with two attached hydrogens (primary N) is 1. The van der Waals surface area contributed by atoms with E-state index in [0.717, 1.165) is 12.8 Å². The Bertz CT molecular complexity index is 343. The molecule has 0 radical (unpaired) electrons. The topological polar surface area (TPSA) is 104 Å². The molecule has 1 saturated carbocycles. The van der Waals surface area contributed by atoms with Crippen molar-refractivity contribution in [1.82, 2.24) is 10.6 Å². The second-order valence-electron chi connectivity index (χ2n) is 6.42. The predicted molar refractivity (Wildman–Crippen MR) is 68.3 cm³/mol. The van der Waals surface area contributed by atoms with Gasteiger partial charge >= 0.3 is 12.1 Å². The van der Waals surface area contributed by atoms with Crippen LogP contribution in [0.3, 0.4) is 0 Å². The first-order valence-corrected chi connectivity index (χ1v) is 6.15. The third-order valence-corrected chi connectivity index (χ3v) is 3.46. The molecule has 0 aliphatic heterocycles. The van der Waals surface area contributed by atoms with E-state index in [1.54, 1.807) is 0 Å². The minimum Gasteiger partial charge on any atom is -0.465 e. The van der Waals surface area contributed by atoms with E-state index in [1.807, 2.05) is 0 Å². The summed E-state index contributed by atoms with van der Waals surface area (Å²) in [6.45, 7) is 6.76. The molecule has 1 aliphatic carbocycles. The molecule has 0 heterocycles. The fraction of sp³-hybridized carbons (Fsp3) is 0.833. The van der Waals surface area contributed by atoms with Crippen molar-refractivity contribution in [2.24, 2.45) is 16.6 Å². The average molecular weight is 257 g/mol. The molecule has 0 aromatic heterocycles. The van der Waals surface area contributed by atoms with E-state index in [9.17, 15) is 9.59 Å². The lowest BCUT2D eigenvalue weighted by atomic mass is 9.62. The molecule has 0 spiro atoms. The molecule has 6 nitrogen and oxygen atoms in total. The smallest absolute Gasteiger partial charge is 0.404 e. The maximum atomic E-state index is 10.8. The molecule has 0 aromatic rings. The summed E-state index contributed by atoms with van der Waals surface area (Å²) < 4.78 is 0. The number of carbonyl (C=O) groups excluding carboxylic acids is 1. The van der Waals surface area contributed by atoms with Gasteiger partial charge < -0.3 is 21.5 Å². The van der Waals surface area contributed by atoms with Gasteiger partial charge in [0.15, 0.2) is 0 Å². The van der Waals surface area contributed by atoms with Gasteiger partial charge in [0.1, 0.15) is 0 Å². The van der Waals surface area contributed by atoms with Crippen LogP contribution < -0.4 is 16.4 Å². The van der Waals surface area contributed by atoms with Gasteiger partial charge in [-0.15, -0.1) is 0 Å². The average Bonchev–Trinajstić information content (AvgIpc) is 2.10. The van der Waals surface area contributed by atoms with Crippen molar-refractivity contribution < 1.29 is 14.7 Å². The van der Waals surface area contributed by atoms with Crippen LogP contribution in [0.4, 0.5) is 9.59 Å². The second kappa shape index (κ2) is 5.04. The zero-order valence-electron chi connectivity index (χ0n) is 11.2. The van der Waals surface area contributed by atoms with Gasteiger partial charge in [0, 0.05) is 12.6 Å². The Balaban J connectivity index is 2.72. The fourth-order valence-corrected chi connectivity index (χ4v) is 3.35. The fourth-order valence-electron chi connectivity index (χ4n) is 3.35. The van der Waals surface area contributed by atoms with Gasteiger partial charge in [-0.3, -0.25) is 0 Å². The highest BCUT2D eigenvalue weighted by molar-refractivity contribution is 5.71. The number of amides is 3. The Morgan fingerprint density at radius 3 is 2.44 bits per heavy atom. The number of nitrogens with one attached hydrogen (secondary N) is 2. The predicted octanol–water partition coefficient (Wildman–Crippen LogP) is 1.51. The Morgan fingerprint density at radius 1 is 1.33 bits per heavy atom. The number of primary amides is 1. The van der Waals surface area contributed by atoms with Crippen LogP contribution in [0.25, 0.3) is 0 Å². The molecular weight excluding hydrogens is 234 g/mol. The molecule has 2 unspecified atom stereocenters. The van der Waals surface area contributed by atoms with Gasteiger partial charge in [0.2, 0.25) is 0 Å². The van der Waals surface area contributed by atoms with Crippen molar-refractivity contribution >= 4 is 12.1 Å². The quantitative estimate of drug-likeness (QED) is 0.616. The maximum Gasteiger partial charge on any atom is 0.404 e. The van der Waals surface area contributed by atoms with Crippen LogP contribution in [0.15, 0.2) is 0 Å². The minimum atomic E-state index is -0.997. The van der Waals surface area contributed by atoms with Crippen LogP contribution >= 0.6 is 0 Å². The Morgan fingerprint density at radius 2 is 1.94 bits per heavy atom. The number of carboxylic acid groups (broad SMARTS) is 1. The van der Waals surface area contributed by atoms with Gasteiger partial charge in [0.25, 0.3) is 0 Å². The van der Waals surface area contributed by atoms with Gasteiger partial charge in [0.05, 0.1) is 0 Å². The monoisotopic (exact) mass is 257 g/mol. The molecule has 3 amide bonds. The summed E-state index contributed by atoms with van der Waals surface area (Å²) in [7, 11) is 0. The van der Waals surface area contributed by atoms with E-state index in [1.165, 1.54) is 0 Å². The van der Waals surface area contributed by atoms with Crippen molar-refractivity contribution in [2.45, 2.75) is 46.1 Å². The Kier molecular flexibility index (Phi) is 4.09. The zero-order valence-corrected chi connectivity index (χ0v) is 11.2. The standard InChI is InChI=1S/C12H23N3O3/c1-11(2)4-8(15-10(17)18)5-12(3,6-11)7-14-9(13)16/h8,15H,4-7H2,1-3H3,(H,17,18)(H3,13,14,16). The van der Waals surface area contributed by atoms with Crippen LogP contribution in [0.2, 0.25) is 0 Å². The van der Waals surface area contributed by atoms with Crippen LogP contribution in [0, 0.1) is 10.8 Å². The van der Waals surface area contributed by atoms with Crippen LogP contribution in [0.1, 0.15) is 40.0 Å². The van der Waals surface area contributed by atoms with E-state index in [2.05, 4.69) is 31.4 Å². The first-order valence-electron chi connectivity index (χ1n) is 6.15. The molecule has 6 heteroatoms. The third-order valence-electron chi connectivity index (χ3n) is 3.46. The minimum absolute atomic E-state index is 0.0411. The molecule has 1 fully saturated rings. The molecule has 0 saturated heterocycles. The van der Waals surface area contributed by atoms with E-state index < -0.39 is 12.1 Å². The molecule has 1 aliphatic rings. The lowest BCUT2D eigenvalue weighted by Crippen LogP contribution is -2.50. The number of urea groups is 1. The van der Waals surface area contributed by atoms with Crippen molar-refractivity contribution in [3.63, 3.8) is 0 Å². The molecule has 18 heavy (non-hydrogen) atoms. The summed E-state index contributed by atoms with van der Waals surface area (Å²) in [5, 5.41) is 14.0. The molecule has 0 aromatic carbocycles. The van der Waals surface area contributed by atoms with Gasteiger partial charge in [-0.25, -0.2) is 9.59 Å². The van der Waals surface area contributed by atoms with Crippen molar-refractivity contribution in [3.05, 3.63) is 0 Å². The van der Waals surface area contributed by atoms with Crippen molar-refractivity contribution in [2.75, 3.05) is 6.54 Å². The van der Waals surface area contributed by atoms with Crippen LogP contribution in [-0.2, 0) is 0 Å².